The molecule has 0 unspecified atom stereocenters. The summed E-state index contributed by atoms with van der Waals surface area (Å²) >= 11 is 7.55. The fourth-order valence-electron chi connectivity index (χ4n) is 3.31. The number of pyridine rings is 1. The first kappa shape index (κ1) is 21.3. The molecule has 0 atom stereocenters. The minimum Gasteiger partial charge on any atom is -0.454 e. The molecule has 3 heterocycles. The van der Waals surface area contributed by atoms with Crippen molar-refractivity contribution in [3.05, 3.63) is 71.5 Å². The topological polar surface area (TPSA) is 91.2 Å². The Hall–Kier alpha value is -3.56. The van der Waals surface area contributed by atoms with Crippen molar-refractivity contribution in [2.75, 3.05) is 17.9 Å². The van der Waals surface area contributed by atoms with Crippen LogP contribution in [0.15, 0.2) is 66.1 Å². The average molecular weight is 480 g/mol. The van der Waals surface area contributed by atoms with Crippen LogP contribution in [0.1, 0.15) is 5.56 Å². The number of carbonyl (C=O) groups is 1. The highest BCUT2D eigenvalue weighted by atomic mass is 35.5. The molecule has 5 rings (SSSR count). The van der Waals surface area contributed by atoms with Crippen molar-refractivity contribution >= 4 is 35.0 Å². The maximum absolute atomic E-state index is 12.7. The molecule has 1 amide bonds. The van der Waals surface area contributed by atoms with E-state index in [4.69, 9.17) is 21.1 Å². The van der Waals surface area contributed by atoms with Gasteiger partial charge < -0.3 is 14.8 Å². The van der Waals surface area contributed by atoms with Crippen LogP contribution >= 0.6 is 23.4 Å². The van der Waals surface area contributed by atoms with Gasteiger partial charge in [-0.1, -0.05) is 41.1 Å². The van der Waals surface area contributed by atoms with Crippen LogP contribution in [0.5, 0.6) is 11.5 Å². The Bertz CT molecular complexity index is 1310. The van der Waals surface area contributed by atoms with E-state index in [9.17, 15) is 4.79 Å². The van der Waals surface area contributed by atoms with Crippen LogP contribution in [0, 0.1) is 6.92 Å². The lowest BCUT2D eigenvalue weighted by Gasteiger charge is -2.11. The van der Waals surface area contributed by atoms with Crippen molar-refractivity contribution in [2.24, 2.45) is 0 Å². The molecule has 33 heavy (non-hydrogen) atoms. The van der Waals surface area contributed by atoms with Crippen molar-refractivity contribution in [3.63, 3.8) is 0 Å². The third-order valence-electron chi connectivity index (χ3n) is 4.93. The van der Waals surface area contributed by atoms with Crippen molar-refractivity contribution in [1.82, 2.24) is 19.7 Å². The van der Waals surface area contributed by atoms with E-state index < -0.39 is 0 Å². The SMILES string of the molecule is Cc1ccc(-n2c(SCC(=O)Nc3cc4c(cc3Cl)OCO4)nnc2-c2ccncc2)cc1. The number of carbonyl (C=O) groups excluding carboxylic acids is 1. The maximum atomic E-state index is 12.7. The number of anilines is 1. The summed E-state index contributed by atoms with van der Waals surface area (Å²) in [7, 11) is 0. The van der Waals surface area contributed by atoms with Gasteiger partial charge in [0.05, 0.1) is 16.5 Å². The van der Waals surface area contributed by atoms with E-state index in [2.05, 4.69) is 20.5 Å². The van der Waals surface area contributed by atoms with Crippen LogP contribution in [0.3, 0.4) is 0 Å². The molecule has 2 aromatic heterocycles. The quantitative estimate of drug-likeness (QED) is 0.399. The fraction of sp³-hybridized carbons (Fsp3) is 0.130. The molecule has 0 saturated carbocycles. The van der Waals surface area contributed by atoms with Gasteiger partial charge in [-0.3, -0.25) is 14.3 Å². The number of halogens is 1. The van der Waals surface area contributed by atoms with E-state index >= 15 is 0 Å². The molecule has 1 aliphatic rings. The number of rotatable bonds is 6. The predicted octanol–water partition coefficient (Wildman–Crippen LogP) is 4.75. The van der Waals surface area contributed by atoms with Gasteiger partial charge in [-0.2, -0.15) is 0 Å². The molecule has 1 aliphatic heterocycles. The van der Waals surface area contributed by atoms with Gasteiger partial charge in [-0.05, 0) is 31.2 Å². The van der Waals surface area contributed by atoms with E-state index in [1.165, 1.54) is 11.8 Å². The number of nitrogens with one attached hydrogen (secondary N) is 1. The minimum absolute atomic E-state index is 0.116. The Morgan fingerprint density at radius 2 is 1.82 bits per heavy atom. The third-order valence-corrected chi connectivity index (χ3v) is 6.17. The second-order valence-electron chi connectivity index (χ2n) is 7.24. The summed E-state index contributed by atoms with van der Waals surface area (Å²) in [4.78, 5) is 16.8. The Kier molecular flexibility index (Phi) is 5.89. The molecule has 0 aliphatic carbocycles. The first-order valence-electron chi connectivity index (χ1n) is 10.0. The summed E-state index contributed by atoms with van der Waals surface area (Å²) in [6.45, 7) is 2.16. The number of amides is 1. The zero-order valence-corrected chi connectivity index (χ0v) is 19.1. The Labute approximate surface area is 198 Å². The fourth-order valence-corrected chi connectivity index (χ4v) is 4.26. The van der Waals surface area contributed by atoms with Crippen molar-refractivity contribution in [2.45, 2.75) is 12.1 Å². The van der Waals surface area contributed by atoms with E-state index in [0.717, 1.165) is 16.8 Å². The molecule has 0 saturated heterocycles. The average Bonchev–Trinajstić information content (AvgIpc) is 3.46. The van der Waals surface area contributed by atoms with Gasteiger partial charge in [0.1, 0.15) is 0 Å². The number of nitrogens with zero attached hydrogens (tertiary/aromatic N) is 4. The Morgan fingerprint density at radius 1 is 1.09 bits per heavy atom. The van der Waals surface area contributed by atoms with Gasteiger partial charge in [-0.15, -0.1) is 10.2 Å². The molecule has 0 fully saturated rings. The first-order valence-corrected chi connectivity index (χ1v) is 11.4. The number of benzene rings is 2. The number of hydrogen-bond acceptors (Lipinski definition) is 7. The standard InChI is InChI=1S/C23H18ClN5O3S/c1-14-2-4-16(5-3-14)29-22(15-6-8-25-9-7-15)27-28-23(29)33-12-21(30)26-18-11-20-19(10-17(18)24)31-13-32-20/h2-11H,12-13H2,1H3,(H,26,30). The highest BCUT2D eigenvalue weighted by Gasteiger charge is 2.20. The highest BCUT2D eigenvalue weighted by molar-refractivity contribution is 7.99. The van der Waals surface area contributed by atoms with Crippen molar-refractivity contribution < 1.29 is 14.3 Å². The normalized spacial score (nSPS) is 12.1. The zero-order valence-electron chi connectivity index (χ0n) is 17.5. The van der Waals surface area contributed by atoms with Gasteiger partial charge in [-0.25, -0.2) is 0 Å². The predicted molar refractivity (Wildman–Crippen MR) is 126 cm³/mol. The van der Waals surface area contributed by atoms with Gasteiger partial charge in [0.15, 0.2) is 22.5 Å². The van der Waals surface area contributed by atoms with Crippen molar-refractivity contribution in [1.29, 1.82) is 0 Å². The number of aromatic nitrogens is 4. The van der Waals surface area contributed by atoms with Gasteiger partial charge in [0, 0.05) is 35.8 Å². The summed E-state index contributed by atoms with van der Waals surface area (Å²) in [5.74, 6) is 1.66. The van der Waals surface area contributed by atoms with Crippen LogP contribution in [0.4, 0.5) is 5.69 Å². The Morgan fingerprint density at radius 3 is 2.58 bits per heavy atom. The first-order chi connectivity index (χ1) is 16.1. The van der Waals surface area contributed by atoms with Gasteiger partial charge >= 0.3 is 0 Å². The lowest BCUT2D eigenvalue weighted by molar-refractivity contribution is -0.113. The Balaban J connectivity index is 1.38. The van der Waals surface area contributed by atoms with E-state index in [0.29, 0.717) is 33.2 Å². The highest BCUT2D eigenvalue weighted by Crippen LogP contribution is 2.39. The molecule has 0 radical (unpaired) electrons. The number of thioether (sulfide) groups is 1. The smallest absolute Gasteiger partial charge is 0.234 e. The summed E-state index contributed by atoms with van der Waals surface area (Å²) in [6.07, 6.45) is 3.41. The van der Waals surface area contributed by atoms with Crippen LogP contribution in [0.25, 0.3) is 17.1 Å². The maximum Gasteiger partial charge on any atom is 0.234 e. The molecule has 166 valence electrons. The second-order valence-corrected chi connectivity index (χ2v) is 8.58. The summed E-state index contributed by atoms with van der Waals surface area (Å²) in [5, 5.41) is 12.5. The van der Waals surface area contributed by atoms with Gasteiger partial charge in [0.2, 0.25) is 12.7 Å². The summed E-state index contributed by atoms with van der Waals surface area (Å²) in [6, 6.07) is 15.1. The van der Waals surface area contributed by atoms with E-state index in [-0.39, 0.29) is 18.5 Å². The number of hydrogen-bond donors (Lipinski definition) is 1. The molecule has 1 N–H and O–H groups in total. The molecular formula is C23H18ClN5O3S. The number of fused-ring (bicyclic) bond motifs is 1. The molecule has 10 heteroatoms. The molecule has 4 aromatic rings. The number of ether oxygens (including phenoxy) is 2. The van der Waals surface area contributed by atoms with Crippen molar-refractivity contribution in [3.8, 4) is 28.6 Å². The lowest BCUT2D eigenvalue weighted by atomic mass is 10.2. The second kappa shape index (κ2) is 9.13. The molecule has 0 bridgehead atoms. The zero-order chi connectivity index (χ0) is 22.8. The third kappa shape index (κ3) is 4.50. The molecule has 2 aromatic carbocycles. The van der Waals surface area contributed by atoms with E-state index in [1.54, 1.807) is 24.5 Å². The molecule has 0 spiro atoms. The van der Waals surface area contributed by atoms with Crippen LogP contribution in [0.2, 0.25) is 5.02 Å². The van der Waals surface area contributed by atoms with E-state index in [1.807, 2.05) is 47.9 Å². The number of aryl methyl sites for hydroxylation is 1. The van der Waals surface area contributed by atoms with Crippen LogP contribution < -0.4 is 14.8 Å². The summed E-state index contributed by atoms with van der Waals surface area (Å²) in [5.41, 5.74) is 3.39. The molecular weight excluding hydrogens is 462 g/mol. The largest absolute Gasteiger partial charge is 0.454 e. The molecule has 8 nitrogen and oxygen atoms in total. The monoisotopic (exact) mass is 479 g/mol. The summed E-state index contributed by atoms with van der Waals surface area (Å²) < 4.78 is 12.6. The van der Waals surface area contributed by atoms with Crippen LogP contribution in [-0.2, 0) is 4.79 Å². The minimum atomic E-state index is -0.232. The van der Waals surface area contributed by atoms with Crippen LogP contribution in [-0.4, -0.2) is 38.2 Å². The lowest BCUT2D eigenvalue weighted by Crippen LogP contribution is -2.15. The van der Waals surface area contributed by atoms with Gasteiger partial charge in [0.25, 0.3) is 0 Å².